The predicted octanol–water partition coefficient (Wildman–Crippen LogP) is 2.71. The molecule has 0 aromatic carbocycles. The topological polar surface area (TPSA) is 50.9 Å². The van der Waals surface area contributed by atoms with Crippen LogP contribution >= 0.6 is 12.2 Å². The molecular formula is C13H19N3S. The van der Waals surface area contributed by atoms with Crippen LogP contribution in [0.4, 0.5) is 5.69 Å². The molecule has 0 saturated heterocycles. The molecule has 4 heteroatoms. The Hall–Kier alpha value is -1.16. The lowest BCUT2D eigenvalue weighted by atomic mass is 9.89. The van der Waals surface area contributed by atoms with E-state index in [1.165, 1.54) is 32.1 Å². The van der Waals surface area contributed by atoms with Crippen molar-refractivity contribution in [2.75, 3.05) is 11.9 Å². The van der Waals surface area contributed by atoms with Gasteiger partial charge >= 0.3 is 0 Å². The van der Waals surface area contributed by atoms with Gasteiger partial charge in [0, 0.05) is 18.4 Å². The monoisotopic (exact) mass is 249 g/mol. The first-order chi connectivity index (χ1) is 8.25. The standard InChI is InChI=1S/C13H19N3S/c14-13(17)12-8-11(6-7-15-12)16-9-10-4-2-1-3-5-10/h6-8,10H,1-5,9H2,(H2,14,17)(H,15,16). The van der Waals surface area contributed by atoms with Crippen LogP contribution in [0.1, 0.15) is 37.8 Å². The molecule has 0 spiro atoms. The molecule has 0 bridgehead atoms. The molecule has 1 fully saturated rings. The van der Waals surface area contributed by atoms with Crippen LogP contribution in [0, 0.1) is 5.92 Å². The van der Waals surface area contributed by atoms with Crippen molar-refractivity contribution in [3.63, 3.8) is 0 Å². The Balaban J connectivity index is 1.89. The molecule has 2 rings (SSSR count). The molecule has 1 aromatic heterocycles. The molecule has 1 heterocycles. The number of rotatable bonds is 4. The van der Waals surface area contributed by atoms with Crippen molar-refractivity contribution >= 4 is 22.9 Å². The maximum absolute atomic E-state index is 5.56. The van der Waals surface area contributed by atoms with Gasteiger partial charge in [-0.3, -0.25) is 4.98 Å². The minimum Gasteiger partial charge on any atom is -0.388 e. The molecule has 1 aliphatic carbocycles. The first-order valence-corrected chi connectivity index (χ1v) is 6.66. The number of anilines is 1. The van der Waals surface area contributed by atoms with Gasteiger partial charge in [0.2, 0.25) is 0 Å². The number of aromatic nitrogens is 1. The van der Waals surface area contributed by atoms with E-state index in [2.05, 4.69) is 10.3 Å². The number of nitrogens with zero attached hydrogens (tertiary/aromatic N) is 1. The van der Waals surface area contributed by atoms with E-state index < -0.39 is 0 Å². The van der Waals surface area contributed by atoms with Crippen molar-refractivity contribution in [3.05, 3.63) is 24.0 Å². The second-order valence-electron chi connectivity index (χ2n) is 4.68. The summed E-state index contributed by atoms with van der Waals surface area (Å²) >= 11 is 4.92. The van der Waals surface area contributed by atoms with E-state index in [0.717, 1.165) is 18.2 Å². The average molecular weight is 249 g/mol. The van der Waals surface area contributed by atoms with Gasteiger partial charge in [-0.2, -0.15) is 0 Å². The zero-order chi connectivity index (χ0) is 12.1. The van der Waals surface area contributed by atoms with Gasteiger partial charge < -0.3 is 11.1 Å². The summed E-state index contributed by atoms with van der Waals surface area (Å²) in [5.41, 5.74) is 7.31. The molecule has 0 aliphatic heterocycles. The summed E-state index contributed by atoms with van der Waals surface area (Å²) in [4.78, 5) is 4.48. The fourth-order valence-corrected chi connectivity index (χ4v) is 2.44. The molecule has 1 aliphatic rings. The zero-order valence-electron chi connectivity index (χ0n) is 9.98. The Labute approximate surface area is 108 Å². The summed E-state index contributed by atoms with van der Waals surface area (Å²) in [5.74, 6) is 0.810. The van der Waals surface area contributed by atoms with Crippen molar-refractivity contribution in [3.8, 4) is 0 Å². The third-order valence-electron chi connectivity index (χ3n) is 3.33. The van der Waals surface area contributed by atoms with Crippen molar-refractivity contribution in [1.82, 2.24) is 4.98 Å². The van der Waals surface area contributed by atoms with Crippen LogP contribution < -0.4 is 11.1 Å². The Morgan fingerprint density at radius 1 is 1.41 bits per heavy atom. The molecule has 17 heavy (non-hydrogen) atoms. The molecular weight excluding hydrogens is 230 g/mol. The number of pyridine rings is 1. The van der Waals surface area contributed by atoms with Crippen molar-refractivity contribution in [2.45, 2.75) is 32.1 Å². The molecule has 0 amide bonds. The van der Waals surface area contributed by atoms with Crippen LogP contribution in [0.3, 0.4) is 0 Å². The van der Waals surface area contributed by atoms with E-state index in [9.17, 15) is 0 Å². The van der Waals surface area contributed by atoms with Crippen molar-refractivity contribution < 1.29 is 0 Å². The average Bonchev–Trinajstić information content (AvgIpc) is 2.38. The lowest BCUT2D eigenvalue weighted by Gasteiger charge is -2.22. The molecule has 0 radical (unpaired) electrons. The molecule has 1 saturated carbocycles. The molecule has 3 nitrogen and oxygen atoms in total. The van der Waals surface area contributed by atoms with E-state index >= 15 is 0 Å². The highest BCUT2D eigenvalue weighted by Gasteiger charge is 2.12. The van der Waals surface area contributed by atoms with E-state index in [0.29, 0.717) is 10.7 Å². The van der Waals surface area contributed by atoms with Gasteiger partial charge in [0.15, 0.2) is 0 Å². The van der Waals surface area contributed by atoms with E-state index in [1.807, 2.05) is 12.1 Å². The number of hydrogen-bond acceptors (Lipinski definition) is 3. The second kappa shape index (κ2) is 5.96. The van der Waals surface area contributed by atoms with Gasteiger partial charge in [-0.25, -0.2) is 0 Å². The Morgan fingerprint density at radius 3 is 2.88 bits per heavy atom. The van der Waals surface area contributed by atoms with Crippen molar-refractivity contribution in [2.24, 2.45) is 11.7 Å². The Morgan fingerprint density at radius 2 is 2.18 bits per heavy atom. The molecule has 0 atom stereocenters. The summed E-state index contributed by atoms with van der Waals surface area (Å²) in [6, 6.07) is 3.88. The van der Waals surface area contributed by atoms with Crippen LogP contribution in [0.2, 0.25) is 0 Å². The summed E-state index contributed by atoms with van der Waals surface area (Å²) in [5, 5.41) is 3.45. The largest absolute Gasteiger partial charge is 0.388 e. The zero-order valence-corrected chi connectivity index (χ0v) is 10.8. The SMILES string of the molecule is NC(=S)c1cc(NCC2CCCCC2)ccn1. The minimum absolute atomic E-state index is 0.353. The fraction of sp³-hybridized carbons (Fsp3) is 0.538. The first-order valence-electron chi connectivity index (χ1n) is 6.25. The van der Waals surface area contributed by atoms with Gasteiger partial charge in [0.25, 0.3) is 0 Å². The van der Waals surface area contributed by atoms with E-state index in [-0.39, 0.29) is 0 Å². The first kappa shape index (κ1) is 12.3. The summed E-state index contributed by atoms with van der Waals surface area (Å²) in [7, 11) is 0. The van der Waals surface area contributed by atoms with E-state index in [4.69, 9.17) is 18.0 Å². The van der Waals surface area contributed by atoms with Crippen molar-refractivity contribution in [1.29, 1.82) is 0 Å². The van der Waals surface area contributed by atoms with Gasteiger partial charge in [0.05, 0.1) is 5.69 Å². The lowest BCUT2D eigenvalue weighted by Crippen LogP contribution is -2.18. The third-order valence-corrected chi connectivity index (χ3v) is 3.54. The van der Waals surface area contributed by atoms with Crippen LogP contribution in [0.25, 0.3) is 0 Å². The maximum Gasteiger partial charge on any atom is 0.122 e. The maximum atomic E-state index is 5.56. The van der Waals surface area contributed by atoms with Gasteiger partial charge in [-0.05, 0) is 30.9 Å². The Kier molecular flexibility index (Phi) is 4.31. The molecule has 0 unspecified atom stereocenters. The predicted molar refractivity (Wildman–Crippen MR) is 75.2 cm³/mol. The van der Waals surface area contributed by atoms with Crippen LogP contribution in [-0.4, -0.2) is 16.5 Å². The number of nitrogens with two attached hydrogens (primary N) is 1. The summed E-state index contributed by atoms with van der Waals surface area (Å²) in [6.45, 7) is 1.04. The number of nitrogens with one attached hydrogen (secondary N) is 1. The number of thiocarbonyl (C=S) groups is 1. The fourth-order valence-electron chi connectivity index (χ4n) is 2.33. The van der Waals surface area contributed by atoms with Crippen LogP contribution in [0.5, 0.6) is 0 Å². The van der Waals surface area contributed by atoms with Crippen LogP contribution in [-0.2, 0) is 0 Å². The molecule has 1 aromatic rings. The van der Waals surface area contributed by atoms with Gasteiger partial charge in [-0.1, -0.05) is 31.5 Å². The summed E-state index contributed by atoms with van der Waals surface area (Å²) in [6.07, 6.45) is 8.59. The van der Waals surface area contributed by atoms with E-state index in [1.54, 1.807) is 6.20 Å². The number of hydrogen-bond donors (Lipinski definition) is 2. The quantitative estimate of drug-likeness (QED) is 0.806. The highest BCUT2D eigenvalue weighted by Crippen LogP contribution is 2.23. The van der Waals surface area contributed by atoms with Gasteiger partial charge in [0.1, 0.15) is 4.99 Å². The normalized spacial score (nSPS) is 16.7. The van der Waals surface area contributed by atoms with Gasteiger partial charge in [-0.15, -0.1) is 0 Å². The molecule has 92 valence electrons. The minimum atomic E-state index is 0.353. The Bertz CT molecular complexity index is 386. The summed E-state index contributed by atoms with van der Waals surface area (Å²) < 4.78 is 0. The smallest absolute Gasteiger partial charge is 0.122 e. The highest BCUT2D eigenvalue weighted by atomic mass is 32.1. The lowest BCUT2D eigenvalue weighted by molar-refractivity contribution is 0.373. The van der Waals surface area contributed by atoms with Crippen LogP contribution in [0.15, 0.2) is 18.3 Å². The highest BCUT2D eigenvalue weighted by molar-refractivity contribution is 7.80. The molecule has 3 N–H and O–H groups in total. The second-order valence-corrected chi connectivity index (χ2v) is 5.12. The third kappa shape index (κ3) is 3.66.